The molecule has 0 radical (unpaired) electrons. The van der Waals surface area contributed by atoms with Crippen LogP contribution in [0, 0.1) is 28.6 Å². The molecule has 4 aliphatic carbocycles. The first-order valence-electron chi connectivity index (χ1n) is 15.4. The number of fused-ring (bicyclic) bond motifs is 5. The van der Waals surface area contributed by atoms with Gasteiger partial charge >= 0.3 is 5.97 Å². The van der Waals surface area contributed by atoms with E-state index >= 15 is 0 Å². The lowest BCUT2D eigenvalue weighted by molar-refractivity contribution is -0.173. The molecule has 0 amide bonds. The van der Waals surface area contributed by atoms with Crippen LogP contribution in [0.3, 0.4) is 0 Å². The molecule has 0 saturated heterocycles. The molecule has 5 rings (SSSR count). The minimum Gasteiger partial charge on any atom is -0.459 e. The molecule has 41 heavy (non-hydrogen) atoms. The molecule has 0 spiro atoms. The molecule has 1 aromatic rings. The van der Waals surface area contributed by atoms with Crippen LogP contribution in [0.1, 0.15) is 103 Å². The maximum Gasteiger partial charge on any atom is 0.338 e. The van der Waals surface area contributed by atoms with Gasteiger partial charge in [0.1, 0.15) is 6.10 Å². The van der Waals surface area contributed by atoms with Crippen molar-refractivity contribution in [1.82, 2.24) is 0 Å². The van der Waals surface area contributed by atoms with Gasteiger partial charge in [0.15, 0.2) is 5.78 Å². The molecule has 0 heterocycles. The SMILES string of the molecule is CC(C)(O)CC[C@@H](O)[C@](C)(O)[C@H]1CC[C@@]2(O)C3=CC(=O)[C@@H]4C[C@@H](OC(=O)c5ccccc5)CC[C@]4(C)[C@H]3CC[C@]12C. The van der Waals surface area contributed by atoms with E-state index in [1.54, 1.807) is 51.1 Å². The molecule has 1 aromatic carbocycles. The quantitative estimate of drug-likeness (QED) is 0.350. The monoisotopic (exact) mass is 568 g/mol. The third kappa shape index (κ3) is 5.01. The maximum absolute atomic E-state index is 13.7. The van der Waals surface area contributed by atoms with E-state index in [1.807, 2.05) is 13.0 Å². The molecule has 3 saturated carbocycles. The Balaban J connectivity index is 1.37. The van der Waals surface area contributed by atoms with Crippen molar-refractivity contribution >= 4 is 11.8 Å². The number of carbonyl (C=O) groups excluding carboxylic acids is 2. The van der Waals surface area contributed by atoms with Crippen molar-refractivity contribution in [3.8, 4) is 0 Å². The lowest BCUT2D eigenvalue weighted by Gasteiger charge is -2.60. The van der Waals surface area contributed by atoms with Gasteiger partial charge in [-0.25, -0.2) is 4.79 Å². The molecular formula is C34H48O7. The highest BCUT2D eigenvalue weighted by molar-refractivity contribution is 5.95. The molecule has 0 aliphatic heterocycles. The summed E-state index contributed by atoms with van der Waals surface area (Å²) in [6.45, 7) is 9.21. The van der Waals surface area contributed by atoms with Gasteiger partial charge in [-0.3, -0.25) is 4.79 Å². The smallest absolute Gasteiger partial charge is 0.338 e. The van der Waals surface area contributed by atoms with Crippen LogP contribution in [0.5, 0.6) is 0 Å². The molecule has 0 aromatic heterocycles. The lowest BCUT2D eigenvalue weighted by Crippen LogP contribution is -2.62. The van der Waals surface area contributed by atoms with Crippen LogP contribution in [0.2, 0.25) is 0 Å². The summed E-state index contributed by atoms with van der Waals surface area (Å²) in [6.07, 6.45) is 5.20. The number of ketones is 1. The minimum absolute atomic E-state index is 0.0164. The normalized spacial score (nSPS) is 39.0. The molecule has 0 unspecified atom stereocenters. The maximum atomic E-state index is 13.7. The predicted molar refractivity (Wildman–Crippen MR) is 155 cm³/mol. The Labute approximate surface area is 244 Å². The summed E-state index contributed by atoms with van der Waals surface area (Å²) in [6, 6.07) is 8.92. The molecule has 3 fully saturated rings. The summed E-state index contributed by atoms with van der Waals surface area (Å²) < 4.78 is 5.85. The van der Waals surface area contributed by atoms with Crippen LogP contribution in [-0.4, -0.2) is 61.2 Å². The number of aliphatic hydroxyl groups excluding tert-OH is 1. The number of carbonyl (C=O) groups is 2. The number of aliphatic hydroxyl groups is 4. The highest BCUT2D eigenvalue weighted by atomic mass is 16.5. The summed E-state index contributed by atoms with van der Waals surface area (Å²) in [5.41, 5.74) is -3.42. The largest absolute Gasteiger partial charge is 0.459 e. The van der Waals surface area contributed by atoms with Crippen molar-refractivity contribution in [3.05, 3.63) is 47.5 Å². The van der Waals surface area contributed by atoms with Crippen molar-refractivity contribution in [2.24, 2.45) is 28.6 Å². The van der Waals surface area contributed by atoms with Crippen LogP contribution < -0.4 is 0 Å². The second-order valence-corrected chi connectivity index (χ2v) is 14.8. The van der Waals surface area contributed by atoms with E-state index in [2.05, 4.69) is 6.92 Å². The topological polar surface area (TPSA) is 124 Å². The van der Waals surface area contributed by atoms with Gasteiger partial charge in [-0.2, -0.15) is 0 Å². The van der Waals surface area contributed by atoms with Crippen molar-refractivity contribution in [2.45, 2.75) is 121 Å². The van der Waals surface area contributed by atoms with E-state index in [0.717, 1.165) is 18.4 Å². The third-order valence-corrected chi connectivity index (χ3v) is 11.7. The molecule has 226 valence electrons. The van der Waals surface area contributed by atoms with E-state index < -0.39 is 28.3 Å². The fourth-order valence-corrected chi connectivity index (χ4v) is 9.15. The number of benzene rings is 1. The van der Waals surface area contributed by atoms with Gasteiger partial charge in [0.2, 0.25) is 0 Å². The van der Waals surface area contributed by atoms with Crippen molar-refractivity contribution in [3.63, 3.8) is 0 Å². The van der Waals surface area contributed by atoms with Crippen molar-refractivity contribution in [2.75, 3.05) is 0 Å². The number of allylic oxidation sites excluding steroid dienone is 1. The Morgan fingerprint density at radius 2 is 1.71 bits per heavy atom. The zero-order chi connectivity index (χ0) is 30.0. The summed E-state index contributed by atoms with van der Waals surface area (Å²) in [4.78, 5) is 26.5. The van der Waals surface area contributed by atoms with Crippen LogP contribution in [0.25, 0.3) is 0 Å². The first-order chi connectivity index (χ1) is 19.0. The number of rotatable bonds is 7. The van der Waals surface area contributed by atoms with Crippen LogP contribution in [0.4, 0.5) is 0 Å². The first-order valence-corrected chi connectivity index (χ1v) is 15.4. The summed E-state index contributed by atoms with van der Waals surface area (Å²) in [7, 11) is 0. The van der Waals surface area contributed by atoms with Gasteiger partial charge in [0.25, 0.3) is 0 Å². The van der Waals surface area contributed by atoms with Gasteiger partial charge < -0.3 is 25.2 Å². The summed E-state index contributed by atoms with van der Waals surface area (Å²) >= 11 is 0. The van der Waals surface area contributed by atoms with E-state index in [-0.39, 0.29) is 47.4 Å². The summed E-state index contributed by atoms with van der Waals surface area (Å²) in [5, 5.41) is 45.4. The average molecular weight is 569 g/mol. The van der Waals surface area contributed by atoms with E-state index in [4.69, 9.17) is 4.74 Å². The molecule has 0 bridgehead atoms. The zero-order valence-corrected chi connectivity index (χ0v) is 25.2. The van der Waals surface area contributed by atoms with Gasteiger partial charge in [-0.1, -0.05) is 32.0 Å². The van der Waals surface area contributed by atoms with Crippen LogP contribution in [0.15, 0.2) is 42.0 Å². The van der Waals surface area contributed by atoms with E-state index in [0.29, 0.717) is 44.1 Å². The van der Waals surface area contributed by atoms with E-state index in [1.165, 1.54) is 0 Å². The number of hydrogen-bond acceptors (Lipinski definition) is 7. The Morgan fingerprint density at radius 3 is 2.37 bits per heavy atom. The Kier molecular flexibility index (Phi) is 7.63. The van der Waals surface area contributed by atoms with Gasteiger partial charge in [0.05, 0.1) is 28.5 Å². The molecule has 4 aliphatic rings. The molecule has 7 heteroatoms. The first kappa shape index (κ1) is 30.4. The summed E-state index contributed by atoms with van der Waals surface area (Å²) in [5.74, 6) is -1.01. The Hall–Kier alpha value is -2.06. The van der Waals surface area contributed by atoms with E-state index in [9.17, 15) is 30.0 Å². The highest BCUT2D eigenvalue weighted by Gasteiger charge is 2.68. The van der Waals surface area contributed by atoms with Crippen molar-refractivity contribution in [1.29, 1.82) is 0 Å². The second kappa shape index (κ2) is 10.3. The van der Waals surface area contributed by atoms with Gasteiger partial charge in [-0.05, 0) is 120 Å². The third-order valence-electron chi connectivity index (χ3n) is 11.7. The van der Waals surface area contributed by atoms with Crippen LogP contribution >= 0.6 is 0 Å². The number of hydrogen-bond donors (Lipinski definition) is 4. The standard InChI is InChI=1S/C34H48O7/c1-30(2,38)15-14-28(36)33(5,39)27-13-18-34(40)24-20-26(35)25-19-22(41-29(37)21-9-7-6-8-10-21)11-16-31(25,3)23(24)12-17-32(27,34)4/h6-10,20,22-23,25,27-28,36,38-40H,11-19H2,1-5H3/t22-,23-,25-,27-,28+,31+,32+,33+,34+/m0/s1. The fraction of sp³-hybridized carbons (Fsp3) is 0.706. The Morgan fingerprint density at radius 1 is 1.02 bits per heavy atom. The molecule has 7 nitrogen and oxygen atoms in total. The number of esters is 1. The fourth-order valence-electron chi connectivity index (χ4n) is 9.15. The average Bonchev–Trinajstić information content (AvgIpc) is 3.20. The number of ether oxygens (including phenoxy) is 1. The molecular weight excluding hydrogens is 520 g/mol. The zero-order valence-electron chi connectivity index (χ0n) is 25.2. The van der Waals surface area contributed by atoms with Gasteiger partial charge in [-0.15, -0.1) is 0 Å². The van der Waals surface area contributed by atoms with Gasteiger partial charge in [0, 0.05) is 11.3 Å². The Bertz CT molecular complexity index is 1200. The minimum atomic E-state index is -1.45. The highest BCUT2D eigenvalue weighted by Crippen LogP contribution is 2.68. The van der Waals surface area contributed by atoms with Crippen LogP contribution in [-0.2, 0) is 9.53 Å². The second-order valence-electron chi connectivity index (χ2n) is 14.8. The van der Waals surface area contributed by atoms with Crippen molar-refractivity contribution < 1.29 is 34.8 Å². The predicted octanol–water partition coefficient (Wildman–Crippen LogP) is 4.75. The molecule has 4 N–H and O–H groups in total. The molecule has 9 atom stereocenters. The lowest BCUT2D eigenvalue weighted by atomic mass is 9.46.